The molecular formula is C31H38ClN3O4S. The fourth-order valence-corrected chi connectivity index (χ4v) is 5.97. The van der Waals surface area contributed by atoms with Crippen LogP contribution < -0.4 is 9.62 Å². The molecule has 2 amide bonds. The van der Waals surface area contributed by atoms with Crippen molar-refractivity contribution in [1.82, 2.24) is 10.2 Å². The van der Waals surface area contributed by atoms with Crippen LogP contribution in [-0.4, -0.2) is 44.3 Å². The first-order chi connectivity index (χ1) is 18.9. The van der Waals surface area contributed by atoms with Crippen LogP contribution in [0.15, 0.2) is 77.7 Å². The van der Waals surface area contributed by atoms with Gasteiger partial charge in [0.05, 0.1) is 10.6 Å². The van der Waals surface area contributed by atoms with Gasteiger partial charge in [-0.05, 0) is 61.6 Å². The van der Waals surface area contributed by atoms with Gasteiger partial charge in [-0.1, -0.05) is 86.5 Å². The van der Waals surface area contributed by atoms with Crippen molar-refractivity contribution in [2.45, 2.75) is 58.5 Å². The standard InChI is InChI=1S/C31H38ClN3O4S/c1-6-28(31(37)33-19-22(2)3)34(20-25-15-12-23(4)13-16-25)30(36)21-35(29-18-26(32)17-14-24(29)5)40(38,39)27-10-8-7-9-11-27/h7-18,22,28H,6,19-21H2,1-5H3,(H,33,37)/t28-/m1/s1. The molecule has 214 valence electrons. The van der Waals surface area contributed by atoms with Crippen LogP contribution in [0, 0.1) is 19.8 Å². The van der Waals surface area contributed by atoms with Crippen molar-refractivity contribution in [3.8, 4) is 0 Å². The van der Waals surface area contributed by atoms with E-state index < -0.39 is 28.5 Å². The Morgan fingerprint density at radius 1 is 0.950 bits per heavy atom. The van der Waals surface area contributed by atoms with Crippen molar-refractivity contribution in [2.24, 2.45) is 5.92 Å². The molecule has 0 heterocycles. The van der Waals surface area contributed by atoms with Crippen LogP contribution in [0.4, 0.5) is 5.69 Å². The first-order valence-electron chi connectivity index (χ1n) is 13.4. The van der Waals surface area contributed by atoms with Gasteiger partial charge in [0.2, 0.25) is 11.8 Å². The Balaban J connectivity index is 2.07. The number of nitrogens with one attached hydrogen (secondary N) is 1. The van der Waals surface area contributed by atoms with Crippen molar-refractivity contribution >= 4 is 39.1 Å². The monoisotopic (exact) mass is 583 g/mol. The molecule has 0 saturated heterocycles. The van der Waals surface area contributed by atoms with Crippen molar-refractivity contribution in [1.29, 1.82) is 0 Å². The molecule has 40 heavy (non-hydrogen) atoms. The third-order valence-electron chi connectivity index (χ3n) is 6.59. The summed E-state index contributed by atoms with van der Waals surface area (Å²) in [5.74, 6) is -0.529. The van der Waals surface area contributed by atoms with Gasteiger partial charge >= 0.3 is 0 Å². The highest BCUT2D eigenvalue weighted by Gasteiger charge is 2.34. The number of nitrogens with zero attached hydrogens (tertiary/aromatic N) is 2. The van der Waals surface area contributed by atoms with E-state index in [1.807, 2.05) is 52.0 Å². The normalized spacial score (nSPS) is 12.2. The van der Waals surface area contributed by atoms with Crippen molar-refractivity contribution in [3.05, 3.63) is 94.5 Å². The number of carbonyl (C=O) groups excluding carboxylic acids is 2. The second-order valence-electron chi connectivity index (χ2n) is 10.3. The predicted octanol–water partition coefficient (Wildman–Crippen LogP) is 5.73. The van der Waals surface area contributed by atoms with Crippen LogP contribution in [0.5, 0.6) is 0 Å². The van der Waals surface area contributed by atoms with Crippen LogP contribution in [-0.2, 0) is 26.2 Å². The second-order valence-corrected chi connectivity index (χ2v) is 12.6. The molecule has 0 bridgehead atoms. The van der Waals surface area contributed by atoms with Crippen molar-refractivity contribution < 1.29 is 18.0 Å². The summed E-state index contributed by atoms with van der Waals surface area (Å²) in [7, 11) is -4.15. The number of sulfonamides is 1. The van der Waals surface area contributed by atoms with Gasteiger partial charge in [0, 0.05) is 18.1 Å². The molecule has 0 fully saturated rings. The summed E-state index contributed by atoms with van der Waals surface area (Å²) in [6.07, 6.45) is 0.364. The highest BCUT2D eigenvalue weighted by molar-refractivity contribution is 7.92. The van der Waals surface area contributed by atoms with Gasteiger partial charge < -0.3 is 10.2 Å². The number of hydrogen-bond donors (Lipinski definition) is 1. The lowest BCUT2D eigenvalue weighted by Crippen LogP contribution is -2.52. The first kappa shape index (κ1) is 31.2. The summed E-state index contributed by atoms with van der Waals surface area (Å²) in [5.41, 5.74) is 2.85. The number of carbonyl (C=O) groups is 2. The van der Waals surface area contributed by atoms with Crippen molar-refractivity contribution in [3.63, 3.8) is 0 Å². The molecule has 0 unspecified atom stereocenters. The Hall–Kier alpha value is -3.36. The summed E-state index contributed by atoms with van der Waals surface area (Å²) >= 11 is 6.28. The minimum Gasteiger partial charge on any atom is -0.354 e. The zero-order valence-corrected chi connectivity index (χ0v) is 25.3. The average molecular weight is 584 g/mol. The van der Waals surface area contributed by atoms with E-state index in [-0.39, 0.29) is 23.3 Å². The van der Waals surface area contributed by atoms with Gasteiger partial charge in [-0.3, -0.25) is 13.9 Å². The molecule has 0 aliphatic carbocycles. The predicted molar refractivity (Wildman–Crippen MR) is 161 cm³/mol. The van der Waals surface area contributed by atoms with Gasteiger partial charge in [0.25, 0.3) is 10.0 Å². The molecule has 0 spiro atoms. The number of amides is 2. The lowest BCUT2D eigenvalue weighted by Gasteiger charge is -2.33. The maximum Gasteiger partial charge on any atom is 0.264 e. The van der Waals surface area contributed by atoms with Gasteiger partial charge in [-0.2, -0.15) is 0 Å². The molecule has 9 heteroatoms. The highest BCUT2D eigenvalue weighted by atomic mass is 35.5. The summed E-state index contributed by atoms with van der Waals surface area (Å²) in [5, 5.41) is 3.28. The SMILES string of the molecule is CC[C@H](C(=O)NCC(C)C)N(Cc1ccc(C)cc1)C(=O)CN(c1cc(Cl)ccc1C)S(=O)(=O)c1ccccc1. The third kappa shape index (κ3) is 7.86. The summed E-state index contributed by atoms with van der Waals surface area (Å²) in [6.45, 7) is 9.69. The number of anilines is 1. The molecule has 0 radical (unpaired) electrons. The van der Waals surface area contributed by atoms with Crippen LogP contribution in [0.3, 0.4) is 0 Å². The Morgan fingerprint density at radius 3 is 2.20 bits per heavy atom. The number of halogens is 1. The summed E-state index contributed by atoms with van der Waals surface area (Å²) < 4.78 is 29.0. The topological polar surface area (TPSA) is 86.8 Å². The second kappa shape index (κ2) is 13.8. The molecule has 7 nitrogen and oxygen atoms in total. The van der Waals surface area contributed by atoms with Gasteiger partial charge in [-0.25, -0.2) is 8.42 Å². The minimum absolute atomic E-state index is 0.0500. The Labute approximate surface area is 243 Å². The van der Waals surface area contributed by atoms with Gasteiger partial charge in [-0.15, -0.1) is 0 Å². The number of benzene rings is 3. The molecular weight excluding hydrogens is 546 g/mol. The fourth-order valence-electron chi connectivity index (χ4n) is 4.32. The van der Waals surface area contributed by atoms with Crippen LogP contribution >= 0.6 is 11.6 Å². The largest absolute Gasteiger partial charge is 0.354 e. The summed E-state index contributed by atoms with van der Waals surface area (Å²) in [6, 6.07) is 19.8. The van der Waals surface area contributed by atoms with Crippen molar-refractivity contribution in [2.75, 3.05) is 17.4 Å². The first-order valence-corrected chi connectivity index (χ1v) is 15.2. The molecule has 3 aromatic carbocycles. The van der Waals surface area contributed by atoms with E-state index in [2.05, 4.69) is 5.32 Å². The van der Waals surface area contributed by atoms with E-state index in [0.717, 1.165) is 15.4 Å². The van der Waals surface area contributed by atoms with E-state index in [0.29, 0.717) is 29.2 Å². The Bertz CT molecular complexity index is 1410. The van der Waals surface area contributed by atoms with E-state index in [9.17, 15) is 18.0 Å². The zero-order valence-electron chi connectivity index (χ0n) is 23.7. The van der Waals surface area contributed by atoms with Crippen LogP contribution in [0.2, 0.25) is 5.02 Å². The van der Waals surface area contributed by atoms with Crippen LogP contribution in [0.1, 0.15) is 43.9 Å². The van der Waals surface area contributed by atoms with Crippen LogP contribution in [0.25, 0.3) is 0 Å². The van der Waals surface area contributed by atoms with E-state index in [4.69, 9.17) is 11.6 Å². The molecule has 0 saturated carbocycles. The molecule has 1 N–H and O–H groups in total. The molecule has 1 atom stereocenters. The quantitative estimate of drug-likeness (QED) is 0.295. The maximum absolute atomic E-state index is 14.1. The van der Waals surface area contributed by atoms with E-state index in [1.54, 1.807) is 43.3 Å². The van der Waals surface area contributed by atoms with E-state index in [1.165, 1.54) is 17.0 Å². The molecule has 0 aliphatic rings. The van der Waals surface area contributed by atoms with E-state index >= 15 is 0 Å². The third-order valence-corrected chi connectivity index (χ3v) is 8.60. The Kier molecular flexibility index (Phi) is 10.8. The maximum atomic E-state index is 14.1. The average Bonchev–Trinajstić information content (AvgIpc) is 2.93. The molecule has 0 aromatic heterocycles. The lowest BCUT2D eigenvalue weighted by molar-refractivity contribution is -0.140. The number of aryl methyl sites for hydroxylation is 2. The van der Waals surface area contributed by atoms with Gasteiger partial charge in [0.15, 0.2) is 0 Å². The Morgan fingerprint density at radius 2 is 1.60 bits per heavy atom. The lowest BCUT2D eigenvalue weighted by atomic mass is 10.1. The molecule has 3 rings (SSSR count). The number of hydrogen-bond acceptors (Lipinski definition) is 4. The summed E-state index contributed by atoms with van der Waals surface area (Å²) in [4.78, 5) is 28.9. The highest BCUT2D eigenvalue weighted by Crippen LogP contribution is 2.30. The molecule has 3 aromatic rings. The smallest absolute Gasteiger partial charge is 0.264 e. The molecule has 0 aliphatic heterocycles. The van der Waals surface area contributed by atoms with Gasteiger partial charge in [0.1, 0.15) is 12.6 Å². The minimum atomic E-state index is -4.15. The zero-order chi connectivity index (χ0) is 29.4. The number of rotatable bonds is 12. The fraction of sp³-hybridized carbons (Fsp3) is 0.355.